The number of amides is 2. The molecule has 9 heteroatoms. The lowest BCUT2D eigenvalue weighted by molar-refractivity contribution is -0.141. The van der Waals surface area contributed by atoms with Crippen molar-refractivity contribution in [3.8, 4) is 0 Å². The molecule has 0 saturated heterocycles. The van der Waals surface area contributed by atoms with Crippen molar-refractivity contribution in [2.24, 2.45) is 5.92 Å². The highest BCUT2D eigenvalue weighted by molar-refractivity contribution is 7.90. The Kier molecular flexibility index (Phi) is 8.24. The van der Waals surface area contributed by atoms with Crippen LogP contribution < -0.4 is 4.72 Å². The minimum atomic E-state index is -4.21. The van der Waals surface area contributed by atoms with E-state index < -0.39 is 33.7 Å². The summed E-state index contributed by atoms with van der Waals surface area (Å²) < 4.78 is 32.8. The molecular formula is C26H28N2O6S. The second kappa shape index (κ2) is 11.1. The number of carbonyl (C=O) groups is 3. The molecule has 0 heterocycles. The molecule has 0 aromatic heterocycles. The van der Waals surface area contributed by atoms with Crippen LogP contribution in [0.2, 0.25) is 0 Å². The maximum atomic E-state index is 13.2. The van der Waals surface area contributed by atoms with Crippen molar-refractivity contribution in [2.45, 2.75) is 25.2 Å². The summed E-state index contributed by atoms with van der Waals surface area (Å²) in [7, 11) is -2.94. The maximum absolute atomic E-state index is 13.2. The molecule has 0 radical (unpaired) electrons. The molecule has 1 unspecified atom stereocenters. The fourth-order valence-corrected chi connectivity index (χ4v) is 4.83. The van der Waals surface area contributed by atoms with Gasteiger partial charge in [0.2, 0.25) is 11.8 Å². The molecule has 0 aliphatic heterocycles. The van der Waals surface area contributed by atoms with Crippen molar-refractivity contribution in [3.05, 3.63) is 77.9 Å². The third kappa shape index (κ3) is 6.05. The average molecular weight is 497 g/mol. The van der Waals surface area contributed by atoms with Crippen LogP contribution in [0.5, 0.6) is 0 Å². The van der Waals surface area contributed by atoms with Crippen LogP contribution in [-0.2, 0) is 30.8 Å². The van der Waals surface area contributed by atoms with E-state index in [2.05, 4.69) is 9.46 Å². The first kappa shape index (κ1) is 25.9. The highest BCUT2D eigenvalue weighted by Gasteiger charge is 2.33. The fourth-order valence-electron chi connectivity index (χ4n) is 3.78. The van der Waals surface area contributed by atoms with Crippen LogP contribution in [0.15, 0.2) is 71.6 Å². The number of ether oxygens (including phenoxy) is 1. The number of carbonyl (C=O) groups excluding carboxylic acids is 3. The molecule has 3 aromatic rings. The summed E-state index contributed by atoms with van der Waals surface area (Å²) in [6, 6.07) is 18.1. The van der Waals surface area contributed by atoms with E-state index in [1.807, 2.05) is 12.1 Å². The minimum absolute atomic E-state index is 0.0319. The van der Waals surface area contributed by atoms with Gasteiger partial charge in [0, 0.05) is 13.1 Å². The molecule has 0 fully saturated rings. The highest BCUT2D eigenvalue weighted by atomic mass is 32.2. The van der Waals surface area contributed by atoms with Crippen LogP contribution in [0.4, 0.5) is 0 Å². The normalized spacial score (nSPS) is 12.1. The second-order valence-electron chi connectivity index (χ2n) is 7.93. The maximum Gasteiger partial charge on any atom is 0.337 e. The summed E-state index contributed by atoms with van der Waals surface area (Å²) in [5.41, 5.74) is 0.924. The summed E-state index contributed by atoms with van der Waals surface area (Å²) >= 11 is 0. The zero-order valence-corrected chi connectivity index (χ0v) is 20.7. The Morgan fingerprint density at radius 1 is 0.914 bits per heavy atom. The van der Waals surface area contributed by atoms with Crippen LogP contribution >= 0.6 is 0 Å². The molecule has 3 rings (SSSR count). The molecular weight excluding hydrogens is 468 g/mol. The molecule has 0 spiro atoms. The molecule has 0 bridgehead atoms. The summed E-state index contributed by atoms with van der Waals surface area (Å²) in [5.74, 6) is -3.16. The van der Waals surface area contributed by atoms with E-state index in [4.69, 9.17) is 0 Å². The Balaban J connectivity index is 1.88. The minimum Gasteiger partial charge on any atom is -0.465 e. The lowest BCUT2D eigenvalue weighted by Gasteiger charge is -2.24. The Morgan fingerprint density at radius 3 is 2.14 bits per heavy atom. The monoisotopic (exact) mass is 496 g/mol. The predicted molar refractivity (Wildman–Crippen MR) is 132 cm³/mol. The molecule has 0 aliphatic carbocycles. The zero-order valence-electron chi connectivity index (χ0n) is 19.9. The Morgan fingerprint density at radius 2 is 1.54 bits per heavy atom. The molecule has 184 valence electrons. The SMILES string of the molecule is CCN(CC)C(=O)C(Cc1ccc(C(=O)OC)cc1)C(=O)NS(=O)(=O)c1ccc2ccccc2c1. The van der Waals surface area contributed by atoms with Crippen molar-refractivity contribution >= 4 is 38.6 Å². The summed E-state index contributed by atoms with van der Waals surface area (Å²) in [4.78, 5) is 39.5. The predicted octanol–water partition coefficient (Wildman–Crippen LogP) is 3.16. The van der Waals surface area contributed by atoms with E-state index in [0.717, 1.165) is 5.39 Å². The summed E-state index contributed by atoms with van der Waals surface area (Å²) in [5, 5.41) is 1.58. The van der Waals surface area contributed by atoms with Crippen molar-refractivity contribution in [1.82, 2.24) is 9.62 Å². The lowest BCUT2D eigenvalue weighted by atomic mass is 9.96. The largest absolute Gasteiger partial charge is 0.465 e. The molecule has 0 aliphatic rings. The topological polar surface area (TPSA) is 110 Å². The van der Waals surface area contributed by atoms with E-state index in [1.165, 1.54) is 36.3 Å². The van der Waals surface area contributed by atoms with E-state index in [0.29, 0.717) is 29.6 Å². The van der Waals surface area contributed by atoms with Crippen LogP contribution in [-0.4, -0.2) is 51.3 Å². The van der Waals surface area contributed by atoms with E-state index >= 15 is 0 Å². The van der Waals surface area contributed by atoms with Gasteiger partial charge in [-0.15, -0.1) is 0 Å². The van der Waals surface area contributed by atoms with Gasteiger partial charge in [-0.2, -0.15) is 0 Å². The number of nitrogens with zero attached hydrogens (tertiary/aromatic N) is 1. The van der Waals surface area contributed by atoms with Gasteiger partial charge in [-0.05, 0) is 60.9 Å². The number of nitrogens with one attached hydrogen (secondary N) is 1. The summed E-state index contributed by atoms with van der Waals surface area (Å²) in [6.07, 6.45) is -0.0319. The third-order valence-corrected chi connectivity index (χ3v) is 7.12. The zero-order chi connectivity index (χ0) is 25.6. The van der Waals surface area contributed by atoms with Gasteiger partial charge in [0.1, 0.15) is 5.92 Å². The number of hydrogen-bond acceptors (Lipinski definition) is 6. The molecule has 1 atom stereocenters. The number of esters is 1. The molecule has 0 saturated carbocycles. The van der Waals surface area contributed by atoms with Crippen molar-refractivity contribution in [2.75, 3.05) is 20.2 Å². The third-order valence-electron chi connectivity index (χ3n) is 5.77. The Hall–Kier alpha value is -3.72. The van der Waals surface area contributed by atoms with Gasteiger partial charge in [-0.3, -0.25) is 9.59 Å². The lowest BCUT2D eigenvalue weighted by Crippen LogP contribution is -2.46. The molecule has 2 amide bonds. The number of methoxy groups -OCH3 is 1. The van der Waals surface area contributed by atoms with Crippen LogP contribution in [0, 0.1) is 5.92 Å². The van der Waals surface area contributed by atoms with Gasteiger partial charge in [-0.1, -0.05) is 42.5 Å². The van der Waals surface area contributed by atoms with Crippen molar-refractivity contribution in [3.63, 3.8) is 0 Å². The first-order valence-corrected chi connectivity index (χ1v) is 12.7. The smallest absolute Gasteiger partial charge is 0.337 e. The van der Waals surface area contributed by atoms with Gasteiger partial charge in [0.15, 0.2) is 0 Å². The van der Waals surface area contributed by atoms with Crippen LogP contribution in [0.1, 0.15) is 29.8 Å². The van der Waals surface area contributed by atoms with Gasteiger partial charge < -0.3 is 9.64 Å². The van der Waals surface area contributed by atoms with E-state index in [9.17, 15) is 22.8 Å². The quantitative estimate of drug-likeness (QED) is 0.360. The van der Waals surface area contributed by atoms with Crippen LogP contribution in [0.3, 0.4) is 0 Å². The van der Waals surface area contributed by atoms with Gasteiger partial charge >= 0.3 is 5.97 Å². The summed E-state index contributed by atoms with van der Waals surface area (Å²) in [6.45, 7) is 4.32. The number of sulfonamides is 1. The van der Waals surface area contributed by atoms with Gasteiger partial charge in [0.25, 0.3) is 10.0 Å². The number of benzene rings is 3. The van der Waals surface area contributed by atoms with Crippen LogP contribution in [0.25, 0.3) is 10.8 Å². The van der Waals surface area contributed by atoms with Gasteiger partial charge in [-0.25, -0.2) is 17.9 Å². The second-order valence-corrected chi connectivity index (χ2v) is 9.62. The van der Waals surface area contributed by atoms with Crippen molar-refractivity contribution in [1.29, 1.82) is 0 Å². The fraction of sp³-hybridized carbons (Fsp3) is 0.269. The highest BCUT2D eigenvalue weighted by Crippen LogP contribution is 2.20. The molecule has 1 N–H and O–H groups in total. The molecule has 3 aromatic carbocycles. The van der Waals surface area contributed by atoms with E-state index in [1.54, 1.807) is 44.2 Å². The van der Waals surface area contributed by atoms with Gasteiger partial charge in [0.05, 0.1) is 17.6 Å². The molecule has 35 heavy (non-hydrogen) atoms. The number of fused-ring (bicyclic) bond motifs is 1. The number of rotatable bonds is 9. The first-order chi connectivity index (χ1) is 16.7. The number of hydrogen-bond donors (Lipinski definition) is 1. The average Bonchev–Trinajstić information content (AvgIpc) is 2.87. The van der Waals surface area contributed by atoms with E-state index in [-0.39, 0.29) is 11.3 Å². The molecule has 8 nitrogen and oxygen atoms in total. The standard InChI is InChI=1S/C26H28N2O6S/c1-4-28(5-2)25(30)23(16-18-10-12-20(13-11-18)26(31)34-3)24(29)27-35(32,33)22-15-14-19-8-6-7-9-21(19)17-22/h6-15,17,23H,4-5,16H2,1-3H3,(H,27,29). The first-order valence-electron chi connectivity index (χ1n) is 11.2. The Bertz CT molecular complexity index is 1330. The van der Waals surface area contributed by atoms with Crippen molar-refractivity contribution < 1.29 is 27.5 Å². The Labute approximate surface area is 204 Å².